The number of ether oxygens (including phenoxy) is 1. The van der Waals surface area contributed by atoms with E-state index in [0.29, 0.717) is 0 Å². The number of esters is 1. The van der Waals surface area contributed by atoms with Gasteiger partial charge < -0.3 is 4.74 Å². The molecule has 2 nitrogen and oxygen atoms in total. The van der Waals surface area contributed by atoms with Crippen LogP contribution in [0.4, 0.5) is 4.39 Å². The molecule has 0 atom stereocenters. The van der Waals surface area contributed by atoms with Crippen molar-refractivity contribution in [1.29, 1.82) is 0 Å². The Morgan fingerprint density at radius 3 is 2.77 bits per heavy atom. The average Bonchev–Trinajstić information content (AvgIpc) is 2.12. The van der Waals surface area contributed by atoms with Crippen LogP contribution in [0.15, 0.2) is 16.6 Å². The van der Waals surface area contributed by atoms with E-state index in [9.17, 15) is 9.18 Å². The molecule has 0 aliphatic rings. The molecule has 0 bridgehead atoms. The molecule has 0 saturated heterocycles. The SMILES string of the molecule is COC(=O)c1c(Cl)ccc(Br)c1F. The first-order valence-electron chi connectivity index (χ1n) is 3.29. The molecular formula is C8H5BrClFO2. The minimum Gasteiger partial charge on any atom is -0.465 e. The third kappa shape index (κ3) is 2.00. The summed E-state index contributed by atoms with van der Waals surface area (Å²) in [7, 11) is 1.17. The van der Waals surface area contributed by atoms with Crippen LogP contribution in [0.2, 0.25) is 5.02 Å². The van der Waals surface area contributed by atoms with E-state index in [1.54, 1.807) is 0 Å². The molecule has 13 heavy (non-hydrogen) atoms. The fourth-order valence-electron chi connectivity index (χ4n) is 0.816. The van der Waals surface area contributed by atoms with Crippen LogP contribution in [0, 0.1) is 5.82 Å². The van der Waals surface area contributed by atoms with Gasteiger partial charge in [-0.25, -0.2) is 9.18 Å². The Kier molecular flexibility index (Phi) is 3.27. The van der Waals surface area contributed by atoms with Gasteiger partial charge in [-0.1, -0.05) is 11.6 Å². The van der Waals surface area contributed by atoms with Crippen LogP contribution >= 0.6 is 27.5 Å². The maximum atomic E-state index is 13.3. The molecule has 70 valence electrons. The van der Waals surface area contributed by atoms with Crippen molar-refractivity contribution in [3.63, 3.8) is 0 Å². The number of benzene rings is 1. The second kappa shape index (κ2) is 4.07. The van der Waals surface area contributed by atoms with Gasteiger partial charge in [0.15, 0.2) is 5.82 Å². The van der Waals surface area contributed by atoms with Gasteiger partial charge in [-0.05, 0) is 28.1 Å². The van der Waals surface area contributed by atoms with Gasteiger partial charge in [0.05, 0.1) is 16.6 Å². The summed E-state index contributed by atoms with van der Waals surface area (Å²) < 4.78 is 17.8. The highest BCUT2D eigenvalue weighted by molar-refractivity contribution is 9.10. The molecule has 0 unspecified atom stereocenters. The first-order chi connectivity index (χ1) is 6.07. The summed E-state index contributed by atoms with van der Waals surface area (Å²) >= 11 is 8.55. The maximum absolute atomic E-state index is 13.3. The maximum Gasteiger partial charge on any atom is 0.342 e. The van der Waals surface area contributed by atoms with Gasteiger partial charge in [-0.15, -0.1) is 0 Å². The van der Waals surface area contributed by atoms with E-state index in [-0.39, 0.29) is 15.1 Å². The fraction of sp³-hybridized carbons (Fsp3) is 0.125. The number of carbonyl (C=O) groups excluding carboxylic acids is 1. The van der Waals surface area contributed by atoms with E-state index in [1.807, 2.05) is 0 Å². The Hall–Kier alpha value is -0.610. The molecular weight excluding hydrogens is 262 g/mol. The number of methoxy groups -OCH3 is 1. The van der Waals surface area contributed by atoms with Crippen LogP contribution in [-0.2, 0) is 4.74 Å². The molecule has 0 heterocycles. The Labute approximate surface area is 87.8 Å². The molecule has 1 aromatic carbocycles. The lowest BCUT2D eigenvalue weighted by Gasteiger charge is -2.04. The molecule has 0 aromatic heterocycles. The van der Waals surface area contributed by atoms with Crippen molar-refractivity contribution < 1.29 is 13.9 Å². The Bertz CT molecular complexity index is 354. The van der Waals surface area contributed by atoms with E-state index >= 15 is 0 Å². The monoisotopic (exact) mass is 266 g/mol. The molecule has 0 amide bonds. The third-order valence-corrected chi connectivity index (χ3v) is 2.36. The number of halogens is 3. The van der Waals surface area contributed by atoms with Crippen LogP contribution in [0.25, 0.3) is 0 Å². The molecule has 0 aliphatic carbocycles. The zero-order chi connectivity index (χ0) is 10.0. The average molecular weight is 267 g/mol. The molecule has 0 saturated carbocycles. The van der Waals surface area contributed by atoms with Crippen molar-refractivity contribution in [3.05, 3.63) is 33.0 Å². The first-order valence-corrected chi connectivity index (χ1v) is 4.47. The van der Waals surface area contributed by atoms with Gasteiger partial charge in [0.25, 0.3) is 0 Å². The van der Waals surface area contributed by atoms with Crippen molar-refractivity contribution in [2.24, 2.45) is 0 Å². The highest BCUT2D eigenvalue weighted by Crippen LogP contribution is 2.26. The standard InChI is InChI=1S/C8H5BrClFO2/c1-13-8(12)6-5(10)3-2-4(9)7(6)11/h2-3H,1H3. The Morgan fingerprint density at radius 1 is 1.62 bits per heavy atom. The van der Waals surface area contributed by atoms with E-state index in [4.69, 9.17) is 11.6 Å². The van der Waals surface area contributed by atoms with E-state index < -0.39 is 11.8 Å². The first kappa shape index (κ1) is 10.5. The lowest BCUT2D eigenvalue weighted by molar-refractivity contribution is 0.0595. The molecule has 0 radical (unpaired) electrons. The molecule has 0 aliphatic heterocycles. The van der Waals surface area contributed by atoms with Crippen molar-refractivity contribution in [2.75, 3.05) is 7.11 Å². The highest BCUT2D eigenvalue weighted by Gasteiger charge is 2.18. The topological polar surface area (TPSA) is 26.3 Å². The quantitative estimate of drug-likeness (QED) is 0.577. The normalized spacial score (nSPS) is 9.85. The number of hydrogen-bond acceptors (Lipinski definition) is 2. The molecule has 1 aromatic rings. The summed E-state index contributed by atoms with van der Waals surface area (Å²) in [5.41, 5.74) is -0.251. The smallest absolute Gasteiger partial charge is 0.342 e. The zero-order valence-electron chi connectivity index (χ0n) is 6.61. The van der Waals surface area contributed by atoms with Crippen molar-refractivity contribution >= 4 is 33.5 Å². The lowest BCUT2D eigenvalue weighted by Crippen LogP contribution is -2.05. The van der Waals surface area contributed by atoms with Gasteiger partial charge in [0, 0.05) is 0 Å². The zero-order valence-corrected chi connectivity index (χ0v) is 8.95. The number of rotatable bonds is 1. The minimum atomic E-state index is -0.788. The lowest BCUT2D eigenvalue weighted by atomic mass is 10.2. The predicted octanol–water partition coefficient (Wildman–Crippen LogP) is 3.03. The summed E-state index contributed by atoms with van der Waals surface area (Å²) in [5, 5.41) is 0.0348. The summed E-state index contributed by atoms with van der Waals surface area (Å²) in [6, 6.07) is 2.84. The minimum absolute atomic E-state index is 0.0348. The second-order valence-electron chi connectivity index (χ2n) is 2.21. The number of hydrogen-bond donors (Lipinski definition) is 0. The van der Waals surface area contributed by atoms with Gasteiger partial charge in [0.1, 0.15) is 5.56 Å². The van der Waals surface area contributed by atoms with Crippen molar-refractivity contribution in [2.45, 2.75) is 0 Å². The predicted molar refractivity (Wildman–Crippen MR) is 50.4 cm³/mol. The van der Waals surface area contributed by atoms with Crippen LogP contribution in [-0.4, -0.2) is 13.1 Å². The van der Waals surface area contributed by atoms with Crippen LogP contribution in [0.3, 0.4) is 0 Å². The van der Waals surface area contributed by atoms with Gasteiger partial charge in [-0.3, -0.25) is 0 Å². The van der Waals surface area contributed by atoms with Gasteiger partial charge in [0.2, 0.25) is 0 Å². The largest absolute Gasteiger partial charge is 0.465 e. The Morgan fingerprint density at radius 2 is 2.23 bits per heavy atom. The van der Waals surface area contributed by atoms with Crippen molar-refractivity contribution in [3.8, 4) is 0 Å². The van der Waals surface area contributed by atoms with E-state index in [1.165, 1.54) is 19.2 Å². The Balaban J connectivity index is 3.33. The highest BCUT2D eigenvalue weighted by atomic mass is 79.9. The van der Waals surface area contributed by atoms with Crippen molar-refractivity contribution in [1.82, 2.24) is 0 Å². The van der Waals surface area contributed by atoms with E-state index in [0.717, 1.165) is 0 Å². The second-order valence-corrected chi connectivity index (χ2v) is 3.47. The molecule has 0 fully saturated rings. The number of carbonyl (C=O) groups is 1. The summed E-state index contributed by atoms with van der Waals surface area (Å²) in [6.07, 6.45) is 0. The molecule has 0 spiro atoms. The summed E-state index contributed by atoms with van der Waals surface area (Å²) in [4.78, 5) is 11.0. The third-order valence-electron chi connectivity index (χ3n) is 1.43. The van der Waals surface area contributed by atoms with Gasteiger partial charge in [-0.2, -0.15) is 0 Å². The molecule has 1 rings (SSSR count). The van der Waals surface area contributed by atoms with Gasteiger partial charge >= 0.3 is 5.97 Å². The van der Waals surface area contributed by atoms with Crippen LogP contribution in [0.1, 0.15) is 10.4 Å². The summed E-state index contributed by atoms with van der Waals surface area (Å²) in [6.45, 7) is 0. The van der Waals surface area contributed by atoms with E-state index in [2.05, 4.69) is 20.7 Å². The van der Waals surface area contributed by atoms with Crippen LogP contribution < -0.4 is 0 Å². The summed E-state index contributed by atoms with van der Waals surface area (Å²) in [5.74, 6) is -1.50. The van der Waals surface area contributed by atoms with Crippen LogP contribution in [0.5, 0.6) is 0 Å². The molecule has 0 N–H and O–H groups in total. The fourth-order valence-corrected chi connectivity index (χ4v) is 1.37. The molecule has 5 heteroatoms.